The van der Waals surface area contributed by atoms with E-state index in [0.29, 0.717) is 9.52 Å². The van der Waals surface area contributed by atoms with Gasteiger partial charge in [0.2, 0.25) is 0 Å². The van der Waals surface area contributed by atoms with Gasteiger partial charge in [-0.25, -0.2) is 0 Å². The van der Waals surface area contributed by atoms with Crippen LogP contribution in [0.5, 0.6) is 0 Å². The molecule has 0 aromatic rings. The second-order valence-corrected chi connectivity index (χ2v) is 2.12. The zero-order valence-electron chi connectivity index (χ0n) is 3.01. The van der Waals surface area contributed by atoms with Crippen LogP contribution in [0.2, 0.25) is 13.1 Å². The minimum Gasteiger partial charge on any atom is -0.0750 e. The van der Waals surface area contributed by atoms with Crippen LogP contribution in [0, 0.1) is 0 Å². The molecule has 0 atom stereocenters. The van der Waals surface area contributed by atoms with Crippen molar-refractivity contribution in [1.82, 2.24) is 0 Å². The van der Waals surface area contributed by atoms with Crippen LogP contribution in [0.15, 0.2) is 0 Å². The van der Waals surface area contributed by atoms with Gasteiger partial charge in [0.15, 0.2) is 0 Å². The maximum absolute atomic E-state index is 2.26. The fraction of sp³-hybridized carbons (Fsp3) is 1.00. The van der Waals surface area contributed by atoms with Gasteiger partial charge in [0.05, 0.1) is 0 Å². The number of hydrogen-bond acceptors (Lipinski definition) is 0. The Bertz CT molecular complexity index is 6.00. The molecule has 0 saturated heterocycles. The molecule has 1 radical (unpaired) electrons. The Kier molecular flexibility index (Phi) is 20.5. The van der Waals surface area contributed by atoms with E-state index in [4.69, 9.17) is 0 Å². The van der Waals surface area contributed by atoms with Crippen molar-refractivity contribution in [3.8, 4) is 0 Å². The molecule has 0 unspecified atom stereocenters. The Morgan fingerprint density at radius 2 is 1.25 bits per heavy atom. The van der Waals surface area contributed by atoms with Gasteiger partial charge in [0, 0.05) is 26.6 Å². The molecule has 0 nitrogen and oxygen atoms in total. The summed E-state index contributed by atoms with van der Waals surface area (Å²) in [5.41, 5.74) is 0. The van der Waals surface area contributed by atoms with Crippen molar-refractivity contribution >= 4 is 9.52 Å². The Morgan fingerprint density at radius 3 is 1.25 bits per heavy atom. The molecule has 0 aliphatic heterocycles. The van der Waals surface area contributed by atoms with Gasteiger partial charge in [-0.3, -0.25) is 0 Å². The molecule has 0 amide bonds. The van der Waals surface area contributed by atoms with E-state index in [9.17, 15) is 0 Å². The largest absolute Gasteiger partial charge is 0.0750 e. The van der Waals surface area contributed by atoms with E-state index in [-0.39, 0.29) is 17.1 Å². The van der Waals surface area contributed by atoms with Crippen LogP contribution in [0.4, 0.5) is 0 Å². The topological polar surface area (TPSA) is 0 Å². The van der Waals surface area contributed by atoms with E-state index in [1.807, 2.05) is 0 Å². The second kappa shape index (κ2) is 9.28. The van der Waals surface area contributed by atoms with Crippen molar-refractivity contribution in [3.05, 3.63) is 0 Å². The summed E-state index contributed by atoms with van der Waals surface area (Å²) in [5, 5.41) is 0. The van der Waals surface area contributed by atoms with Gasteiger partial charge >= 0.3 is 0 Å². The summed E-state index contributed by atoms with van der Waals surface area (Å²) in [4.78, 5) is 0. The molecule has 31 valence electrons. The van der Waals surface area contributed by atoms with Gasteiger partial charge in [-0.2, -0.15) is 0 Å². The van der Waals surface area contributed by atoms with Gasteiger partial charge in [-0.15, -0.1) is 0 Å². The average molecular weight is 124 g/mol. The van der Waals surface area contributed by atoms with Crippen molar-refractivity contribution in [2.45, 2.75) is 13.1 Å². The van der Waals surface area contributed by atoms with Gasteiger partial charge in [-0.1, -0.05) is 13.1 Å². The SMILES string of the molecule is C[SiH2]C.[Cu]. The summed E-state index contributed by atoms with van der Waals surface area (Å²) >= 11 is 0. The fourth-order valence-corrected chi connectivity index (χ4v) is 0. The molecule has 2 heteroatoms. The van der Waals surface area contributed by atoms with E-state index in [2.05, 4.69) is 13.1 Å². The normalized spacial score (nSPS) is 4.50. The van der Waals surface area contributed by atoms with Crippen LogP contribution >= 0.6 is 0 Å². The van der Waals surface area contributed by atoms with E-state index in [1.165, 1.54) is 0 Å². The summed E-state index contributed by atoms with van der Waals surface area (Å²) in [5.74, 6) is 0. The first-order valence-corrected chi connectivity index (χ1v) is 4.24. The molecule has 0 N–H and O–H groups in total. The second-order valence-electron chi connectivity index (χ2n) is 0.707. The summed E-state index contributed by atoms with van der Waals surface area (Å²) in [6.45, 7) is 4.53. The first kappa shape index (κ1) is 8.83. The summed E-state index contributed by atoms with van der Waals surface area (Å²) < 4.78 is 0. The van der Waals surface area contributed by atoms with Gasteiger partial charge < -0.3 is 0 Å². The van der Waals surface area contributed by atoms with Crippen LogP contribution in [-0.2, 0) is 17.1 Å². The van der Waals surface area contributed by atoms with Gasteiger partial charge in [0.25, 0.3) is 0 Å². The molecular weight excluding hydrogens is 116 g/mol. The van der Waals surface area contributed by atoms with Crippen LogP contribution in [-0.4, -0.2) is 9.52 Å². The molecule has 0 spiro atoms. The third kappa shape index (κ3) is 15.2. The molecule has 0 saturated carbocycles. The molecule has 0 heterocycles. The van der Waals surface area contributed by atoms with Crippen LogP contribution in [0.1, 0.15) is 0 Å². The first-order chi connectivity index (χ1) is 1.41. The summed E-state index contributed by atoms with van der Waals surface area (Å²) in [7, 11) is 0.417. The Hall–Kier alpha value is 0.736. The van der Waals surface area contributed by atoms with Crippen molar-refractivity contribution in [1.29, 1.82) is 0 Å². The zero-order valence-corrected chi connectivity index (χ0v) is 5.36. The average Bonchev–Trinajstić information content (AvgIpc) is 0.918. The monoisotopic (exact) mass is 123 g/mol. The number of rotatable bonds is 0. The Morgan fingerprint density at radius 1 is 1.25 bits per heavy atom. The maximum atomic E-state index is 2.26. The maximum Gasteiger partial charge on any atom is 0.0135 e. The molecule has 0 aromatic carbocycles. The van der Waals surface area contributed by atoms with E-state index in [0.717, 1.165) is 0 Å². The Balaban J connectivity index is 0. The van der Waals surface area contributed by atoms with Crippen LogP contribution < -0.4 is 0 Å². The minimum absolute atomic E-state index is 0. The minimum atomic E-state index is 0. The number of hydrogen-bond donors (Lipinski definition) is 0. The van der Waals surface area contributed by atoms with Crippen LogP contribution in [0.25, 0.3) is 0 Å². The van der Waals surface area contributed by atoms with E-state index < -0.39 is 0 Å². The smallest absolute Gasteiger partial charge is 0.0135 e. The summed E-state index contributed by atoms with van der Waals surface area (Å²) in [6.07, 6.45) is 0. The fourth-order valence-electron chi connectivity index (χ4n) is 0. The first-order valence-electron chi connectivity index (χ1n) is 1.41. The standard InChI is InChI=1S/C2H8Si.Cu/c1-3-2;/h3H2,1-2H3;. The quantitative estimate of drug-likeness (QED) is 0.406. The summed E-state index contributed by atoms with van der Waals surface area (Å²) in [6, 6.07) is 0. The third-order valence-electron chi connectivity index (χ3n) is 0. The van der Waals surface area contributed by atoms with Crippen molar-refractivity contribution in [2.24, 2.45) is 0 Å². The molecular formula is C2H8CuSi. The van der Waals surface area contributed by atoms with Crippen molar-refractivity contribution in [2.75, 3.05) is 0 Å². The molecule has 0 rings (SSSR count). The van der Waals surface area contributed by atoms with Crippen molar-refractivity contribution in [3.63, 3.8) is 0 Å². The van der Waals surface area contributed by atoms with Crippen LogP contribution in [0.3, 0.4) is 0 Å². The molecule has 0 aliphatic rings. The molecule has 0 aliphatic carbocycles. The van der Waals surface area contributed by atoms with E-state index in [1.54, 1.807) is 0 Å². The molecule has 0 fully saturated rings. The van der Waals surface area contributed by atoms with Crippen molar-refractivity contribution < 1.29 is 17.1 Å². The third-order valence-corrected chi connectivity index (χ3v) is 0. The Labute approximate surface area is 40.3 Å². The zero-order chi connectivity index (χ0) is 2.71. The van der Waals surface area contributed by atoms with E-state index >= 15 is 0 Å². The molecule has 4 heavy (non-hydrogen) atoms. The molecule has 0 aromatic heterocycles. The van der Waals surface area contributed by atoms with Gasteiger partial charge in [-0.05, 0) is 0 Å². The molecule has 0 bridgehead atoms. The predicted octanol–water partition coefficient (Wildman–Crippen LogP) is 0.249. The van der Waals surface area contributed by atoms with Gasteiger partial charge in [0.1, 0.15) is 0 Å². The predicted molar refractivity (Wildman–Crippen MR) is 20.3 cm³/mol.